The molecule has 0 saturated carbocycles. The number of aromatic nitrogens is 1. The molecule has 25 heavy (non-hydrogen) atoms. The van der Waals surface area contributed by atoms with Gasteiger partial charge in [0.05, 0.1) is 0 Å². The fraction of sp³-hybridized carbons (Fsp3) is 0.368. The summed E-state index contributed by atoms with van der Waals surface area (Å²) in [6.07, 6.45) is 3.86. The van der Waals surface area contributed by atoms with E-state index in [0.29, 0.717) is 18.2 Å². The molecule has 1 aromatic heterocycles. The second kappa shape index (κ2) is 8.46. The van der Waals surface area contributed by atoms with Crippen LogP contribution in [-0.4, -0.2) is 37.1 Å². The summed E-state index contributed by atoms with van der Waals surface area (Å²) in [6, 6.07) is 11.6. The zero-order valence-corrected chi connectivity index (χ0v) is 14.0. The Kier molecular flexibility index (Phi) is 5.82. The van der Waals surface area contributed by atoms with Crippen LogP contribution in [0.15, 0.2) is 48.7 Å². The van der Waals surface area contributed by atoms with Crippen molar-refractivity contribution < 1.29 is 13.9 Å². The number of nitrogens with one attached hydrogen (secondary N) is 1. The number of nitrogens with zero attached hydrogens (tertiary/aromatic N) is 2. The minimum atomic E-state index is -0.325. The van der Waals surface area contributed by atoms with Crippen LogP contribution < -0.4 is 15.0 Å². The number of anilines is 1. The van der Waals surface area contributed by atoms with Gasteiger partial charge in [-0.05, 0) is 55.2 Å². The highest BCUT2D eigenvalue weighted by Crippen LogP contribution is 2.20. The molecule has 0 aliphatic carbocycles. The zero-order chi connectivity index (χ0) is 17.5. The first-order chi connectivity index (χ1) is 12.2. The summed E-state index contributed by atoms with van der Waals surface area (Å²) >= 11 is 0. The molecule has 0 radical (unpaired) electrons. The predicted octanol–water partition coefficient (Wildman–Crippen LogP) is 2.63. The first-order valence-electron chi connectivity index (χ1n) is 8.52. The van der Waals surface area contributed by atoms with Crippen LogP contribution in [-0.2, 0) is 4.79 Å². The molecule has 1 fully saturated rings. The third-order valence-corrected chi connectivity index (χ3v) is 4.36. The lowest BCUT2D eigenvalue weighted by Gasteiger charge is -2.32. The van der Waals surface area contributed by atoms with Crippen LogP contribution in [0.25, 0.3) is 0 Å². The average Bonchev–Trinajstić information content (AvgIpc) is 2.67. The number of hydrogen-bond acceptors (Lipinski definition) is 4. The van der Waals surface area contributed by atoms with Gasteiger partial charge < -0.3 is 15.0 Å². The average molecular weight is 343 g/mol. The molecule has 3 rings (SSSR count). The van der Waals surface area contributed by atoms with Crippen molar-refractivity contribution in [3.8, 4) is 5.75 Å². The van der Waals surface area contributed by atoms with Gasteiger partial charge in [-0.15, -0.1) is 0 Å². The first-order valence-corrected chi connectivity index (χ1v) is 8.52. The summed E-state index contributed by atoms with van der Waals surface area (Å²) in [6.45, 7) is 2.49. The van der Waals surface area contributed by atoms with E-state index >= 15 is 0 Å². The van der Waals surface area contributed by atoms with Crippen LogP contribution in [0.3, 0.4) is 0 Å². The smallest absolute Gasteiger partial charge is 0.257 e. The molecule has 0 spiro atoms. The van der Waals surface area contributed by atoms with Crippen LogP contribution in [0.5, 0.6) is 5.75 Å². The normalized spacial score (nSPS) is 15.0. The molecule has 2 heterocycles. The van der Waals surface area contributed by atoms with Gasteiger partial charge in [0.15, 0.2) is 6.61 Å². The van der Waals surface area contributed by atoms with Crippen molar-refractivity contribution in [2.75, 3.05) is 31.1 Å². The lowest BCUT2D eigenvalue weighted by atomic mass is 9.97. The van der Waals surface area contributed by atoms with E-state index in [1.54, 1.807) is 0 Å². The molecular formula is C19H22FN3O2. The summed E-state index contributed by atoms with van der Waals surface area (Å²) in [5.41, 5.74) is 0. The van der Waals surface area contributed by atoms with E-state index in [4.69, 9.17) is 4.74 Å². The van der Waals surface area contributed by atoms with Gasteiger partial charge in [0.1, 0.15) is 17.4 Å². The number of pyridine rings is 1. The van der Waals surface area contributed by atoms with Crippen LogP contribution >= 0.6 is 0 Å². The van der Waals surface area contributed by atoms with Gasteiger partial charge in [-0.25, -0.2) is 9.37 Å². The molecule has 5 nitrogen and oxygen atoms in total. The fourth-order valence-corrected chi connectivity index (χ4v) is 2.90. The third-order valence-electron chi connectivity index (χ3n) is 4.36. The fourth-order valence-electron chi connectivity index (χ4n) is 2.90. The van der Waals surface area contributed by atoms with Crippen molar-refractivity contribution in [1.82, 2.24) is 10.3 Å². The molecule has 132 valence electrons. The van der Waals surface area contributed by atoms with E-state index in [-0.39, 0.29) is 18.3 Å². The van der Waals surface area contributed by atoms with Gasteiger partial charge in [0.25, 0.3) is 5.91 Å². The lowest BCUT2D eigenvalue weighted by Crippen LogP contribution is -2.40. The second-order valence-corrected chi connectivity index (χ2v) is 6.17. The second-order valence-electron chi connectivity index (χ2n) is 6.17. The molecule has 6 heteroatoms. The van der Waals surface area contributed by atoms with Crippen LogP contribution in [0.2, 0.25) is 0 Å². The molecule has 1 aromatic carbocycles. The molecule has 2 aromatic rings. The highest BCUT2D eigenvalue weighted by Gasteiger charge is 2.20. The minimum Gasteiger partial charge on any atom is -0.484 e. The third kappa shape index (κ3) is 5.17. The number of hydrogen-bond donors (Lipinski definition) is 1. The highest BCUT2D eigenvalue weighted by molar-refractivity contribution is 5.77. The van der Waals surface area contributed by atoms with Crippen LogP contribution in [0, 0.1) is 11.7 Å². The van der Waals surface area contributed by atoms with Crippen molar-refractivity contribution >= 4 is 11.7 Å². The van der Waals surface area contributed by atoms with E-state index < -0.39 is 0 Å². The van der Waals surface area contributed by atoms with Gasteiger partial charge in [0.2, 0.25) is 0 Å². The number of amides is 1. The number of piperidine rings is 1. The number of benzene rings is 1. The molecule has 1 aliphatic heterocycles. The van der Waals surface area contributed by atoms with Crippen molar-refractivity contribution in [2.24, 2.45) is 5.92 Å². The van der Waals surface area contributed by atoms with Gasteiger partial charge in [-0.3, -0.25) is 4.79 Å². The molecule has 1 saturated heterocycles. The zero-order valence-electron chi connectivity index (χ0n) is 14.0. The molecule has 1 amide bonds. The van der Waals surface area contributed by atoms with Crippen molar-refractivity contribution in [1.29, 1.82) is 0 Å². The Hall–Kier alpha value is -2.63. The molecule has 0 unspecified atom stereocenters. The Labute approximate surface area is 146 Å². The molecule has 1 N–H and O–H groups in total. The summed E-state index contributed by atoms with van der Waals surface area (Å²) in [5.74, 6) is 1.48. The Bertz CT molecular complexity index is 671. The molecular weight excluding hydrogens is 321 g/mol. The Morgan fingerprint density at radius 3 is 2.64 bits per heavy atom. The number of halogens is 1. The largest absolute Gasteiger partial charge is 0.484 e. The van der Waals surface area contributed by atoms with E-state index in [9.17, 15) is 9.18 Å². The Morgan fingerprint density at radius 1 is 1.20 bits per heavy atom. The minimum absolute atomic E-state index is 0.0571. The first kappa shape index (κ1) is 17.2. The van der Waals surface area contributed by atoms with Crippen LogP contribution in [0.4, 0.5) is 10.2 Å². The Balaban J connectivity index is 1.35. The summed E-state index contributed by atoms with van der Waals surface area (Å²) in [5, 5.41) is 2.92. The monoisotopic (exact) mass is 343 g/mol. The van der Waals surface area contributed by atoms with Gasteiger partial charge in [-0.2, -0.15) is 0 Å². The highest BCUT2D eigenvalue weighted by atomic mass is 19.1. The van der Waals surface area contributed by atoms with Gasteiger partial charge in [0, 0.05) is 25.8 Å². The van der Waals surface area contributed by atoms with E-state index in [2.05, 4.69) is 15.2 Å². The van der Waals surface area contributed by atoms with E-state index in [1.165, 1.54) is 24.3 Å². The standard InChI is InChI=1S/C19H22FN3O2/c20-16-4-6-17(7-5-16)25-14-19(24)22-13-15-8-11-23(12-9-15)18-3-1-2-10-21-18/h1-7,10,15H,8-9,11-14H2,(H,22,24). The van der Waals surface area contributed by atoms with E-state index in [0.717, 1.165) is 31.7 Å². The predicted molar refractivity (Wildman–Crippen MR) is 94.1 cm³/mol. The Morgan fingerprint density at radius 2 is 1.96 bits per heavy atom. The number of carbonyl (C=O) groups is 1. The van der Waals surface area contributed by atoms with Gasteiger partial charge in [-0.1, -0.05) is 6.07 Å². The molecule has 1 aliphatic rings. The molecule has 0 bridgehead atoms. The summed E-state index contributed by atoms with van der Waals surface area (Å²) < 4.78 is 18.1. The summed E-state index contributed by atoms with van der Waals surface area (Å²) in [7, 11) is 0. The maximum absolute atomic E-state index is 12.8. The summed E-state index contributed by atoms with van der Waals surface area (Å²) in [4.78, 5) is 18.5. The van der Waals surface area contributed by atoms with Crippen molar-refractivity contribution in [3.05, 3.63) is 54.5 Å². The SMILES string of the molecule is O=C(COc1ccc(F)cc1)NCC1CCN(c2ccccn2)CC1. The maximum atomic E-state index is 12.8. The number of rotatable bonds is 6. The lowest BCUT2D eigenvalue weighted by molar-refractivity contribution is -0.123. The van der Waals surface area contributed by atoms with Crippen molar-refractivity contribution in [2.45, 2.75) is 12.8 Å². The number of carbonyl (C=O) groups excluding carboxylic acids is 1. The maximum Gasteiger partial charge on any atom is 0.257 e. The topological polar surface area (TPSA) is 54.5 Å². The molecule has 0 atom stereocenters. The van der Waals surface area contributed by atoms with Gasteiger partial charge >= 0.3 is 0 Å². The quantitative estimate of drug-likeness (QED) is 0.876. The van der Waals surface area contributed by atoms with Crippen molar-refractivity contribution in [3.63, 3.8) is 0 Å². The van der Waals surface area contributed by atoms with E-state index in [1.807, 2.05) is 24.4 Å². The number of ether oxygens (including phenoxy) is 1. The van der Waals surface area contributed by atoms with Crippen LogP contribution in [0.1, 0.15) is 12.8 Å².